The van der Waals surface area contributed by atoms with E-state index in [1.54, 1.807) is 6.07 Å². The molecule has 6 nitrogen and oxygen atoms in total. The molecule has 0 spiro atoms. The Labute approximate surface area is 156 Å². The molecular formula is C18H21ClFN5O. The highest BCUT2D eigenvalue weighted by Gasteiger charge is 2.20. The second-order valence-corrected chi connectivity index (χ2v) is 7.00. The van der Waals surface area contributed by atoms with E-state index in [2.05, 4.69) is 27.1 Å². The normalized spacial score (nSPS) is 17.2. The van der Waals surface area contributed by atoms with E-state index in [9.17, 15) is 9.18 Å². The Balaban J connectivity index is 1.66. The maximum atomic E-state index is 13.2. The van der Waals surface area contributed by atoms with Crippen LogP contribution in [0.15, 0.2) is 24.4 Å². The Morgan fingerprint density at radius 1 is 1.50 bits per heavy atom. The molecular weight excluding hydrogens is 357 g/mol. The lowest BCUT2D eigenvalue weighted by molar-refractivity contribution is 0.0951. The fourth-order valence-corrected chi connectivity index (χ4v) is 3.21. The number of carbonyl (C=O) groups excluding carboxylic acids is 1. The maximum Gasteiger partial charge on any atom is 0.256 e. The SMILES string of the molecule is C[C@@H]1CCCN(c2ncc(C(=O)NCc3ccc(F)c(Cl)c3)c(N)n2)C1. The Morgan fingerprint density at radius 3 is 3.00 bits per heavy atom. The lowest BCUT2D eigenvalue weighted by Gasteiger charge is -2.31. The molecule has 1 aliphatic heterocycles. The van der Waals surface area contributed by atoms with Gasteiger partial charge in [0.05, 0.1) is 10.6 Å². The fraction of sp³-hybridized carbons (Fsp3) is 0.389. The first-order chi connectivity index (χ1) is 12.4. The van der Waals surface area contributed by atoms with Crippen LogP contribution in [0.3, 0.4) is 0 Å². The molecule has 3 rings (SSSR count). The van der Waals surface area contributed by atoms with Gasteiger partial charge in [-0.15, -0.1) is 0 Å². The highest BCUT2D eigenvalue weighted by molar-refractivity contribution is 6.30. The third kappa shape index (κ3) is 4.22. The first-order valence-electron chi connectivity index (χ1n) is 8.53. The van der Waals surface area contributed by atoms with Crippen LogP contribution in [0.1, 0.15) is 35.7 Å². The molecule has 138 valence electrons. The molecule has 8 heteroatoms. The van der Waals surface area contributed by atoms with Gasteiger partial charge in [-0.1, -0.05) is 24.6 Å². The Bertz CT molecular complexity index is 816. The summed E-state index contributed by atoms with van der Waals surface area (Å²) >= 11 is 5.74. The van der Waals surface area contributed by atoms with Crippen LogP contribution in [0, 0.1) is 11.7 Å². The predicted octanol–water partition coefficient (Wildman–Crippen LogP) is 3.02. The van der Waals surface area contributed by atoms with Crippen molar-refractivity contribution in [2.45, 2.75) is 26.3 Å². The molecule has 26 heavy (non-hydrogen) atoms. The number of rotatable bonds is 4. The van der Waals surface area contributed by atoms with Crippen LogP contribution >= 0.6 is 11.6 Å². The first kappa shape index (κ1) is 18.4. The summed E-state index contributed by atoms with van der Waals surface area (Å²) in [5.74, 6) is 0.390. The molecule has 1 saturated heterocycles. The largest absolute Gasteiger partial charge is 0.383 e. The van der Waals surface area contributed by atoms with Crippen LogP contribution in [0.5, 0.6) is 0 Å². The van der Waals surface area contributed by atoms with E-state index in [0.29, 0.717) is 17.4 Å². The number of nitrogens with zero attached hydrogens (tertiary/aromatic N) is 3. The quantitative estimate of drug-likeness (QED) is 0.855. The molecule has 1 aromatic carbocycles. The van der Waals surface area contributed by atoms with Gasteiger partial charge in [-0.25, -0.2) is 9.37 Å². The van der Waals surface area contributed by atoms with E-state index in [1.165, 1.54) is 24.8 Å². The molecule has 0 bridgehead atoms. The minimum atomic E-state index is -0.498. The lowest BCUT2D eigenvalue weighted by Crippen LogP contribution is -2.35. The Kier molecular flexibility index (Phi) is 5.56. The number of aromatic nitrogens is 2. The topological polar surface area (TPSA) is 84.1 Å². The van der Waals surface area contributed by atoms with Crippen LogP contribution in [-0.2, 0) is 6.54 Å². The van der Waals surface area contributed by atoms with Crippen molar-refractivity contribution in [1.29, 1.82) is 0 Å². The smallest absolute Gasteiger partial charge is 0.256 e. The zero-order chi connectivity index (χ0) is 18.7. The summed E-state index contributed by atoms with van der Waals surface area (Å²) < 4.78 is 13.2. The molecule has 0 unspecified atom stereocenters. The van der Waals surface area contributed by atoms with Crippen molar-refractivity contribution in [2.75, 3.05) is 23.7 Å². The lowest BCUT2D eigenvalue weighted by atomic mass is 10.0. The highest BCUT2D eigenvalue weighted by Crippen LogP contribution is 2.21. The molecule has 1 aromatic heterocycles. The summed E-state index contributed by atoms with van der Waals surface area (Å²) in [5, 5.41) is 2.73. The van der Waals surface area contributed by atoms with Gasteiger partial charge in [-0.05, 0) is 36.5 Å². The number of benzene rings is 1. The van der Waals surface area contributed by atoms with Crippen molar-refractivity contribution in [3.63, 3.8) is 0 Å². The summed E-state index contributed by atoms with van der Waals surface area (Å²) in [4.78, 5) is 23.0. The molecule has 1 fully saturated rings. The van der Waals surface area contributed by atoms with Crippen molar-refractivity contribution in [1.82, 2.24) is 15.3 Å². The van der Waals surface area contributed by atoms with Crippen molar-refractivity contribution in [2.24, 2.45) is 5.92 Å². The van der Waals surface area contributed by atoms with Gasteiger partial charge in [0.1, 0.15) is 11.6 Å². The van der Waals surface area contributed by atoms with Gasteiger partial charge in [0.25, 0.3) is 5.91 Å². The molecule has 2 aromatic rings. The van der Waals surface area contributed by atoms with Crippen molar-refractivity contribution in [3.8, 4) is 0 Å². The van der Waals surface area contributed by atoms with Crippen molar-refractivity contribution < 1.29 is 9.18 Å². The van der Waals surface area contributed by atoms with Gasteiger partial charge in [0.15, 0.2) is 0 Å². The maximum absolute atomic E-state index is 13.2. The van der Waals surface area contributed by atoms with Crippen LogP contribution in [-0.4, -0.2) is 29.0 Å². The van der Waals surface area contributed by atoms with Gasteiger partial charge in [-0.3, -0.25) is 4.79 Å². The zero-order valence-corrected chi connectivity index (χ0v) is 15.3. The van der Waals surface area contributed by atoms with Gasteiger partial charge in [0.2, 0.25) is 5.95 Å². The number of nitrogens with one attached hydrogen (secondary N) is 1. The minimum Gasteiger partial charge on any atom is -0.383 e. The van der Waals surface area contributed by atoms with Gasteiger partial charge in [-0.2, -0.15) is 4.98 Å². The summed E-state index contributed by atoms with van der Waals surface area (Å²) in [7, 11) is 0. The molecule has 2 heterocycles. The first-order valence-corrected chi connectivity index (χ1v) is 8.91. The van der Waals surface area contributed by atoms with Crippen LogP contribution in [0.2, 0.25) is 5.02 Å². The third-order valence-corrected chi connectivity index (χ3v) is 4.72. The summed E-state index contributed by atoms with van der Waals surface area (Å²) in [6, 6.07) is 4.29. The standard InChI is InChI=1S/C18H21ClFN5O/c1-11-3-2-6-25(10-11)18-23-9-13(16(21)24-18)17(26)22-8-12-4-5-15(20)14(19)7-12/h4-5,7,9,11H,2-3,6,8,10H2,1H3,(H,22,26)(H2,21,23,24)/t11-/m1/s1. The number of nitrogen functional groups attached to an aromatic ring is 1. The van der Waals surface area contributed by atoms with Crippen molar-refractivity contribution >= 4 is 29.3 Å². The molecule has 0 radical (unpaired) electrons. The molecule has 0 aliphatic carbocycles. The second-order valence-electron chi connectivity index (χ2n) is 6.59. The number of hydrogen-bond donors (Lipinski definition) is 2. The van der Waals surface area contributed by atoms with E-state index in [0.717, 1.165) is 19.5 Å². The van der Waals surface area contributed by atoms with Gasteiger partial charge >= 0.3 is 0 Å². The number of hydrogen-bond acceptors (Lipinski definition) is 5. The number of amides is 1. The molecule has 1 amide bonds. The Morgan fingerprint density at radius 2 is 2.31 bits per heavy atom. The third-order valence-electron chi connectivity index (χ3n) is 4.43. The van der Waals surface area contributed by atoms with E-state index in [4.69, 9.17) is 17.3 Å². The number of piperidine rings is 1. The van der Waals surface area contributed by atoms with Crippen LogP contribution < -0.4 is 16.0 Å². The van der Waals surface area contributed by atoms with Crippen molar-refractivity contribution in [3.05, 3.63) is 46.4 Å². The number of halogens is 2. The predicted molar refractivity (Wildman–Crippen MR) is 99.6 cm³/mol. The van der Waals surface area contributed by atoms with E-state index < -0.39 is 5.82 Å². The molecule has 3 N–H and O–H groups in total. The zero-order valence-electron chi connectivity index (χ0n) is 14.5. The summed E-state index contributed by atoms with van der Waals surface area (Å²) in [6.45, 7) is 4.17. The van der Waals surface area contributed by atoms with Gasteiger partial charge < -0.3 is 16.0 Å². The average molecular weight is 378 g/mol. The summed E-state index contributed by atoms with van der Waals surface area (Å²) in [6.07, 6.45) is 3.73. The number of carbonyl (C=O) groups is 1. The number of anilines is 2. The fourth-order valence-electron chi connectivity index (χ4n) is 3.01. The van der Waals surface area contributed by atoms with E-state index >= 15 is 0 Å². The average Bonchev–Trinajstić information content (AvgIpc) is 2.62. The molecule has 1 aliphatic rings. The number of nitrogens with two attached hydrogens (primary N) is 1. The van der Waals surface area contributed by atoms with E-state index in [1.807, 2.05) is 0 Å². The highest BCUT2D eigenvalue weighted by atomic mass is 35.5. The monoisotopic (exact) mass is 377 g/mol. The van der Waals surface area contributed by atoms with E-state index in [-0.39, 0.29) is 28.9 Å². The second kappa shape index (κ2) is 7.86. The van der Waals surface area contributed by atoms with Crippen LogP contribution in [0.4, 0.5) is 16.2 Å². The summed E-state index contributed by atoms with van der Waals surface area (Å²) in [5.41, 5.74) is 6.87. The van der Waals surface area contributed by atoms with Gasteiger partial charge in [0, 0.05) is 25.8 Å². The Hall–Kier alpha value is -2.41. The molecule has 1 atom stereocenters. The van der Waals surface area contributed by atoms with Crippen LogP contribution in [0.25, 0.3) is 0 Å². The minimum absolute atomic E-state index is 0.0136. The molecule has 0 saturated carbocycles.